The number of amides is 1. The lowest BCUT2D eigenvalue weighted by Crippen LogP contribution is -2.37. The van der Waals surface area contributed by atoms with Gasteiger partial charge < -0.3 is 10.6 Å². The number of hydrogen-bond donors (Lipinski definition) is 1. The molecule has 0 aromatic carbocycles. The number of carbonyl (C=O) groups excluding carboxylic acids is 1. The van der Waals surface area contributed by atoms with Crippen molar-refractivity contribution in [2.75, 3.05) is 24.3 Å². The van der Waals surface area contributed by atoms with Crippen LogP contribution in [0, 0.1) is 6.92 Å². The zero-order valence-electron chi connectivity index (χ0n) is 10.1. The van der Waals surface area contributed by atoms with Gasteiger partial charge in [0.1, 0.15) is 0 Å². The van der Waals surface area contributed by atoms with E-state index in [1.54, 1.807) is 12.3 Å². The van der Waals surface area contributed by atoms with Gasteiger partial charge in [-0.25, -0.2) is 0 Å². The van der Waals surface area contributed by atoms with Gasteiger partial charge in [0, 0.05) is 18.8 Å². The van der Waals surface area contributed by atoms with Gasteiger partial charge >= 0.3 is 0 Å². The van der Waals surface area contributed by atoms with Crippen molar-refractivity contribution in [2.45, 2.75) is 19.4 Å². The number of pyridine rings is 1. The normalized spacial score (nSPS) is 19.3. The molecule has 0 bridgehead atoms. The average molecular weight is 251 g/mol. The Morgan fingerprint density at radius 2 is 2.41 bits per heavy atom. The van der Waals surface area contributed by atoms with E-state index in [2.05, 4.69) is 4.98 Å². The third-order valence-corrected chi connectivity index (χ3v) is 4.26. The topological polar surface area (TPSA) is 59.2 Å². The Labute approximate surface area is 106 Å². The molecule has 5 heteroatoms. The molecule has 2 heterocycles. The minimum absolute atomic E-state index is 0.0230. The van der Waals surface area contributed by atoms with E-state index in [0.29, 0.717) is 17.3 Å². The van der Waals surface area contributed by atoms with Gasteiger partial charge in [0.2, 0.25) is 0 Å². The minimum atomic E-state index is 0.0230. The van der Waals surface area contributed by atoms with Crippen molar-refractivity contribution < 1.29 is 4.79 Å². The summed E-state index contributed by atoms with van der Waals surface area (Å²) in [6, 6.07) is 2.05. The second kappa shape index (κ2) is 4.96. The van der Waals surface area contributed by atoms with Crippen LogP contribution in [-0.4, -0.2) is 40.4 Å². The molecule has 92 valence electrons. The second-order valence-electron chi connectivity index (χ2n) is 4.34. The van der Waals surface area contributed by atoms with Crippen molar-refractivity contribution in [3.63, 3.8) is 0 Å². The molecule has 2 rings (SSSR count). The summed E-state index contributed by atoms with van der Waals surface area (Å²) < 4.78 is 0. The fourth-order valence-electron chi connectivity index (χ4n) is 1.95. The van der Waals surface area contributed by atoms with Crippen LogP contribution < -0.4 is 5.73 Å². The fraction of sp³-hybridized carbons (Fsp3) is 0.500. The van der Waals surface area contributed by atoms with Crippen LogP contribution in [0.25, 0.3) is 0 Å². The molecule has 1 atom stereocenters. The van der Waals surface area contributed by atoms with Crippen LogP contribution in [0.5, 0.6) is 0 Å². The molecule has 0 saturated carbocycles. The molecule has 1 unspecified atom stereocenters. The Morgan fingerprint density at radius 1 is 1.65 bits per heavy atom. The standard InChI is InChI=1S/C12H17N3OS/c1-8-11(5-9(13)6-14-8)12(16)15(2)10-3-4-17-7-10/h5-6,10H,3-4,7,13H2,1-2H3. The van der Waals surface area contributed by atoms with E-state index < -0.39 is 0 Å². The third-order valence-electron chi connectivity index (χ3n) is 3.11. The quantitative estimate of drug-likeness (QED) is 0.866. The van der Waals surface area contributed by atoms with E-state index in [-0.39, 0.29) is 5.91 Å². The SMILES string of the molecule is Cc1ncc(N)cc1C(=O)N(C)C1CCSC1. The lowest BCUT2D eigenvalue weighted by atomic mass is 10.1. The van der Waals surface area contributed by atoms with E-state index in [0.717, 1.165) is 23.6 Å². The van der Waals surface area contributed by atoms with E-state index in [4.69, 9.17) is 5.73 Å². The van der Waals surface area contributed by atoms with Crippen molar-refractivity contribution in [1.82, 2.24) is 9.88 Å². The summed E-state index contributed by atoms with van der Waals surface area (Å²) >= 11 is 1.90. The highest BCUT2D eigenvalue weighted by Gasteiger charge is 2.25. The highest BCUT2D eigenvalue weighted by molar-refractivity contribution is 7.99. The number of rotatable bonds is 2. The first-order valence-corrected chi connectivity index (χ1v) is 6.82. The summed E-state index contributed by atoms with van der Waals surface area (Å²) in [4.78, 5) is 18.3. The third kappa shape index (κ3) is 2.54. The van der Waals surface area contributed by atoms with Gasteiger partial charge in [-0.1, -0.05) is 0 Å². The number of carbonyl (C=O) groups is 1. The zero-order valence-corrected chi connectivity index (χ0v) is 11.0. The molecule has 0 radical (unpaired) electrons. The number of aromatic nitrogens is 1. The lowest BCUT2D eigenvalue weighted by Gasteiger charge is -2.24. The van der Waals surface area contributed by atoms with E-state index in [9.17, 15) is 4.79 Å². The maximum atomic E-state index is 12.3. The summed E-state index contributed by atoms with van der Waals surface area (Å²) in [6.45, 7) is 1.84. The van der Waals surface area contributed by atoms with Crippen molar-refractivity contribution in [3.8, 4) is 0 Å². The van der Waals surface area contributed by atoms with Crippen LogP contribution in [0.1, 0.15) is 22.5 Å². The van der Waals surface area contributed by atoms with E-state index in [1.165, 1.54) is 0 Å². The Kier molecular flexibility index (Phi) is 3.57. The number of nitrogens with zero attached hydrogens (tertiary/aromatic N) is 2. The number of aryl methyl sites for hydroxylation is 1. The van der Waals surface area contributed by atoms with Crippen molar-refractivity contribution in [3.05, 3.63) is 23.5 Å². The lowest BCUT2D eigenvalue weighted by molar-refractivity contribution is 0.0746. The molecular formula is C12H17N3OS. The Morgan fingerprint density at radius 3 is 3.06 bits per heavy atom. The van der Waals surface area contributed by atoms with Crippen LogP contribution in [0.4, 0.5) is 5.69 Å². The molecule has 4 nitrogen and oxygen atoms in total. The molecule has 1 amide bonds. The van der Waals surface area contributed by atoms with Crippen LogP contribution in [0.15, 0.2) is 12.3 Å². The summed E-state index contributed by atoms with van der Waals surface area (Å²) in [5, 5.41) is 0. The molecule has 0 spiro atoms. The van der Waals surface area contributed by atoms with Gasteiger partial charge in [-0.3, -0.25) is 9.78 Å². The average Bonchev–Trinajstić information content (AvgIpc) is 2.84. The van der Waals surface area contributed by atoms with Crippen LogP contribution in [-0.2, 0) is 0 Å². The largest absolute Gasteiger partial charge is 0.397 e. The molecule has 1 aliphatic rings. The highest BCUT2D eigenvalue weighted by Crippen LogP contribution is 2.23. The Balaban J connectivity index is 2.20. The van der Waals surface area contributed by atoms with Crippen molar-refractivity contribution in [1.29, 1.82) is 0 Å². The molecule has 0 aliphatic carbocycles. The van der Waals surface area contributed by atoms with Crippen molar-refractivity contribution in [2.24, 2.45) is 0 Å². The van der Waals surface area contributed by atoms with Gasteiger partial charge in [0.15, 0.2) is 0 Å². The van der Waals surface area contributed by atoms with Gasteiger partial charge in [-0.2, -0.15) is 11.8 Å². The maximum Gasteiger partial charge on any atom is 0.255 e. The van der Waals surface area contributed by atoms with Gasteiger partial charge in [-0.05, 0) is 25.2 Å². The first-order valence-electron chi connectivity index (χ1n) is 5.66. The monoisotopic (exact) mass is 251 g/mol. The predicted octanol–water partition coefficient (Wildman–Crippen LogP) is 1.55. The van der Waals surface area contributed by atoms with Crippen LogP contribution in [0.3, 0.4) is 0 Å². The number of nitrogen functional groups attached to an aromatic ring is 1. The van der Waals surface area contributed by atoms with Gasteiger partial charge in [-0.15, -0.1) is 0 Å². The molecular weight excluding hydrogens is 234 g/mol. The smallest absolute Gasteiger partial charge is 0.255 e. The molecule has 1 fully saturated rings. The maximum absolute atomic E-state index is 12.3. The molecule has 1 aliphatic heterocycles. The summed E-state index contributed by atoms with van der Waals surface area (Å²) in [5.74, 6) is 2.18. The number of hydrogen-bond acceptors (Lipinski definition) is 4. The molecule has 1 aromatic rings. The molecule has 17 heavy (non-hydrogen) atoms. The van der Waals surface area contributed by atoms with Crippen LogP contribution in [0.2, 0.25) is 0 Å². The Hall–Kier alpha value is -1.23. The highest BCUT2D eigenvalue weighted by atomic mass is 32.2. The molecule has 1 aromatic heterocycles. The molecule has 2 N–H and O–H groups in total. The summed E-state index contributed by atoms with van der Waals surface area (Å²) in [5.41, 5.74) is 7.57. The molecule has 1 saturated heterocycles. The summed E-state index contributed by atoms with van der Waals surface area (Å²) in [7, 11) is 1.86. The van der Waals surface area contributed by atoms with E-state index in [1.807, 2.05) is 30.6 Å². The minimum Gasteiger partial charge on any atom is -0.397 e. The first-order chi connectivity index (χ1) is 8.09. The van der Waals surface area contributed by atoms with Crippen molar-refractivity contribution >= 4 is 23.4 Å². The summed E-state index contributed by atoms with van der Waals surface area (Å²) in [6.07, 6.45) is 2.65. The van der Waals surface area contributed by atoms with Crippen LogP contribution >= 0.6 is 11.8 Å². The number of nitrogens with two attached hydrogens (primary N) is 1. The fourth-order valence-corrected chi connectivity index (χ4v) is 3.22. The predicted molar refractivity (Wildman–Crippen MR) is 71.2 cm³/mol. The second-order valence-corrected chi connectivity index (χ2v) is 5.48. The number of thioether (sulfide) groups is 1. The van der Waals surface area contributed by atoms with E-state index >= 15 is 0 Å². The van der Waals surface area contributed by atoms with Gasteiger partial charge in [0.05, 0.1) is 23.1 Å². The van der Waals surface area contributed by atoms with Gasteiger partial charge in [0.25, 0.3) is 5.91 Å². The first kappa shape index (κ1) is 12.2. The number of anilines is 1. The Bertz CT molecular complexity index is 430. The zero-order chi connectivity index (χ0) is 12.4.